The van der Waals surface area contributed by atoms with Gasteiger partial charge >= 0.3 is 5.97 Å². The molecule has 1 amide bonds. The van der Waals surface area contributed by atoms with Gasteiger partial charge in [0.2, 0.25) is 7.59 Å². The second-order valence-electron chi connectivity index (χ2n) is 9.22. The standard InChI is InChI=1S/C27H19Cl6N5O4S3/c1-37-16-4-2-3-5-17(16)44-21(37)18-20(39)38(25(43)45-18)10-11-41-12-13-42-22(40)15-8-6-14(7-9-15)19-34-23(26(28,29)30)36-24(35-19)27(31,32)33/h2-9H,10-13H2,1H3/b21-18+. The van der Waals surface area contributed by atoms with Gasteiger partial charge < -0.3 is 14.4 Å². The number of fused-ring (bicyclic) bond motifs is 1. The Hall–Kier alpha value is -1.58. The van der Waals surface area contributed by atoms with Crippen LogP contribution in [0.2, 0.25) is 0 Å². The molecule has 2 aliphatic heterocycles. The van der Waals surface area contributed by atoms with Crippen LogP contribution in [0, 0.1) is 0 Å². The van der Waals surface area contributed by atoms with Crippen molar-refractivity contribution in [2.45, 2.75) is 12.5 Å². The Morgan fingerprint density at radius 2 is 1.53 bits per heavy atom. The van der Waals surface area contributed by atoms with Crippen LogP contribution in [0.25, 0.3) is 11.4 Å². The van der Waals surface area contributed by atoms with Crippen molar-refractivity contribution in [2.24, 2.45) is 0 Å². The van der Waals surface area contributed by atoms with Gasteiger partial charge in [0.25, 0.3) is 5.91 Å². The predicted molar refractivity (Wildman–Crippen MR) is 184 cm³/mol. The summed E-state index contributed by atoms with van der Waals surface area (Å²) in [6.07, 6.45) is 0. The highest BCUT2D eigenvalue weighted by Gasteiger charge is 2.38. The van der Waals surface area contributed by atoms with Crippen LogP contribution in [0.5, 0.6) is 0 Å². The normalized spacial score (nSPS) is 16.9. The van der Waals surface area contributed by atoms with Crippen LogP contribution in [0.3, 0.4) is 0 Å². The molecular formula is C27H19Cl6N5O4S3. The van der Waals surface area contributed by atoms with Gasteiger partial charge in [-0.25, -0.2) is 19.7 Å². The van der Waals surface area contributed by atoms with E-state index >= 15 is 0 Å². The number of aromatic nitrogens is 3. The maximum atomic E-state index is 13.1. The van der Waals surface area contributed by atoms with E-state index in [0.717, 1.165) is 15.6 Å². The Balaban J connectivity index is 1.10. The molecule has 3 heterocycles. The largest absolute Gasteiger partial charge is 0.460 e. The number of ether oxygens (including phenoxy) is 2. The molecule has 0 bridgehead atoms. The minimum atomic E-state index is -2.00. The summed E-state index contributed by atoms with van der Waals surface area (Å²) in [7, 11) is 1.93. The van der Waals surface area contributed by atoms with Crippen LogP contribution in [0.1, 0.15) is 22.0 Å². The molecule has 18 heteroatoms. The number of alkyl halides is 6. The SMILES string of the molecule is CN1/C(=C2\SC(=S)N(CCOCCOC(=O)c3ccc(-c4nc(C(Cl)(Cl)Cl)nc(C(Cl)(Cl)Cl)n4)cc3)C2=O)Sc2ccccc21. The Kier molecular flexibility index (Phi) is 11.0. The fraction of sp³-hybridized carbons (Fsp3) is 0.259. The maximum Gasteiger partial charge on any atom is 0.338 e. The van der Waals surface area contributed by atoms with E-state index in [4.69, 9.17) is 91.3 Å². The van der Waals surface area contributed by atoms with Gasteiger partial charge in [-0.15, -0.1) is 0 Å². The number of rotatable bonds is 8. The van der Waals surface area contributed by atoms with E-state index in [1.807, 2.05) is 36.2 Å². The maximum absolute atomic E-state index is 13.1. The molecule has 2 aromatic carbocycles. The number of nitrogens with zero attached hydrogens (tertiary/aromatic N) is 5. The zero-order chi connectivity index (χ0) is 32.5. The number of carbonyl (C=O) groups excluding carboxylic acids is 2. The first-order valence-corrected chi connectivity index (χ1v) is 17.1. The van der Waals surface area contributed by atoms with Crippen LogP contribution < -0.4 is 4.90 Å². The lowest BCUT2D eigenvalue weighted by molar-refractivity contribution is -0.122. The fourth-order valence-corrected chi connectivity index (χ4v) is 7.21. The summed E-state index contributed by atoms with van der Waals surface area (Å²) >= 11 is 43.9. The van der Waals surface area contributed by atoms with E-state index < -0.39 is 13.6 Å². The van der Waals surface area contributed by atoms with Gasteiger partial charge in [-0.3, -0.25) is 9.69 Å². The number of carbonyl (C=O) groups is 2. The monoisotopic (exact) mass is 783 g/mol. The molecule has 5 rings (SSSR count). The molecule has 0 spiro atoms. The lowest BCUT2D eigenvalue weighted by Gasteiger charge is -2.16. The van der Waals surface area contributed by atoms with E-state index in [-0.39, 0.29) is 55.3 Å². The molecule has 0 N–H and O–H groups in total. The number of thioether (sulfide) groups is 2. The van der Waals surface area contributed by atoms with Gasteiger partial charge in [0.1, 0.15) is 15.8 Å². The highest BCUT2D eigenvalue weighted by molar-refractivity contribution is 8.27. The Morgan fingerprint density at radius 1 is 0.889 bits per heavy atom. The van der Waals surface area contributed by atoms with E-state index in [2.05, 4.69) is 15.0 Å². The Bertz CT molecular complexity index is 1650. The summed E-state index contributed by atoms with van der Waals surface area (Å²) in [4.78, 5) is 43.1. The van der Waals surface area contributed by atoms with Crippen LogP contribution in [0.4, 0.5) is 5.69 Å². The molecule has 1 aromatic heterocycles. The van der Waals surface area contributed by atoms with Gasteiger partial charge in [0.05, 0.1) is 36.0 Å². The average molecular weight is 786 g/mol. The number of esters is 1. The smallest absolute Gasteiger partial charge is 0.338 e. The number of thiocarbonyl (C=S) groups is 1. The molecule has 0 unspecified atom stereocenters. The van der Waals surface area contributed by atoms with Crippen molar-refractivity contribution in [2.75, 3.05) is 38.3 Å². The van der Waals surface area contributed by atoms with Gasteiger partial charge in [-0.05, 0) is 24.3 Å². The summed E-state index contributed by atoms with van der Waals surface area (Å²) < 4.78 is 7.39. The van der Waals surface area contributed by atoms with Crippen molar-refractivity contribution in [3.05, 3.63) is 75.7 Å². The molecule has 2 aliphatic rings. The first kappa shape index (κ1) is 34.7. The van der Waals surface area contributed by atoms with Crippen molar-refractivity contribution in [3.8, 4) is 11.4 Å². The van der Waals surface area contributed by atoms with Crippen molar-refractivity contribution in [1.82, 2.24) is 19.9 Å². The topological polar surface area (TPSA) is 97.8 Å². The van der Waals surface area contributed by atoms with Crippen LogP contribution in [-0.4, -0.2) is 69.5 Å². The minimum Gasteiger partial charge on any atom is -0.460 e. The summed E-state index contributed by atoms with van der Waals surface area (Å²) in [5.74, 6) is -1.14. The number of anilines is 1. The third-order valence-electron chi connectivity index (χ3n) is 6.22. The van der Waals surface area contributed by atoms with Crippen LogP contribution in [-0.2, 0) is 21.9 Å². The van der Waals surface area contributed by atoms with Gasteiger partial charge in [-0.1, -0.05) is 130 Å². The van der Waals surface area contributed by atoms with E-state index in [1.54, 1.807) is 23.9 Å². The molecule has 1 saturated heterocycles. The average Bonchev–Trinajstić information content (AvgIpc) is 3.48. The van der Waals surface area contributed by atoms with Crippen molar-refractivity contribution in [3.63, 3.8) is 0 Å². The molecule has 0 radical (unpaired) electrons. The zero-order valence-electron chi connectivity index (χ0n) is 22.8. The molecule has 3 aromatic rings. The van der Waals surface area contributed by atoms with Crippen molar-refractivity contribution in [1.29, 1.82) is 0 Å². The summed E-state index contributed by atoms with van der Waals surface area (Å²) in [6.45, 7) is 0.603. The number of halogens is 6. The van der Waals surface area contributed by atoms with Crippen molar-refractivity contribution < 1.29 is 19.1 Å². The lowest BCUT2D eigenvalue weighted by Crippen LogP contribution is -2.32. The first-order chi connectivity index (χ1) is 21.2. The molecule has 9 nitrogen and oxygen atoms in total. The van der Waals surface area contributed by atoms with Gasteiger partial charge in [-0.2, -0.15) is 0 Å². The van der Waals surface area contributed by atoms with Crippen LogP contribution >= 0.6 is 105 Å². The Labute approximate surface area is 301 Å². The predicted octanol–water partition coefficient (Wildman–Crippen LogP) is 7.64. The lowest BCUT2D eigenvalue weighted by atomic mass is 10.1. The molecule has 1 fully saturated rings. The third kappa shape index (κ3) is 8.11. The minimum absolute atomic E-state index is 0.00456. The second-order valence-corrected chi connectivity index (χ2v) is 16.5. The van der Waals surface area contributed by atoms with Crippen LogP contribution in [0.15, 0.2) is 63.4 Å². The number of para-hydroxylation sites is 1. The number of amides is 1. The van der Waals surface area contributed by atoms with Crippen molar-refractivity contribution >= 4 is 127 Å². The highest BCUT2D eigenvalue weighted by atomic mass is 35.6. The highest BCUT2D eigenvalue weighted by Crippen LogP contribution is 2.49. The fourth-order valence-electron chi connectivity index (χ4n) is 4.07. The molecular weight excluding hydrogens is 767 g/mol. The van der Waals surface area contributed by atoms with E-state index in [1.165, 1.54) is 28.8 Å². The zero-order valence-corrected chi connectivity index (χ0v) is 29.8. The quantitative estimate of drug-likeness (QED) is 0.0742. The molecule has 45 heavy (non-hydrogen) atoms. The van der Waals surface area contributed by atoms with Gasteiger partial charge in [0, 0.05) is 17.5 Å². The van der Waals surface area contributed by atoms with E-state index in [9.17, 15) is 9.59 Å². The molecule has 0 saturated carbocycles. The molecule has 0 aliphatic carbocycles. The number of hydrogen-bond donors (Lipinski definition) is 0. The van der Waals surface area contributed by atoms with E-state index in [0.29, 0.717) is 14.8 Å². The van der Waals surface area contributed by atoms with Gasteiger partial charge in [0.15, 0.2) is 17.5 Å². The summed E-state index contributed by atoms with van der Waals surface area (Å²) in [5, 5.41) is 0.852. The number of benzene rings is 2. The summed E-state index contributed by atoms with van der Waals surface area (Å²) in [5.41, 5.74) is 1.75. The Morgan fingerprint density at radius 3 is 2.16 bits per heavy atom. The third-order valence-corrected chi connectivity index (χ3v) is 10.0. The number of hydrogen-bond acceptors (Lipinski definition) is 11. The molecule has 236 valence electrons. The first-order valence-electron chi connectivity index (χ1n) is 12.8. The molecule has 0 atom stereocenters. The summed E-state index contributed by atoms with van der Waals surface area (Å²) in [6, 6.07) is 14.1. The second kappa shape index (κ2) is 14.3.